The number of nitrogens with zero attached hydrogens (tertiary/aromatic N) is 3. The number of hydrogen-bond donors (Lipinski definition) is 1. The molecular weight excluding hydrogens is 290 g/mol. The van der Waals surface area contributed by atoms with Gasteiger partial charge in [-0.15, -0.1) is 11.8 Å². The molecule has 2 heterocycles. The Morgan fingerprint density at radius 2 is 1.95 bits per heavy atom. The van der Waals surface area contributed by atoms with Crippen LogP contribution in [-0.4, -0.2) is 51.2 Å². The Kier molecular flexibility index (Phi) is 4.51. The lowest BCUT2D eigenvalue weighted by Gasteiger charge is -2.18. The molecule has 0 bridgehead atoms. The Morgan fingerprint density at radius 3 is 2.48 bits per heavy atom. The van der Waals surface area contributed by atoms with Crippen molar-refractivity contribution in [2.24, 2.45) is 11.8 Å². The van der Waals surface area contributed by atoms with E-state index in [2.05, 4.69) is 9.97 Å². The molecule has 1 N–H and O–H groups in total. The molecule has 1 aromatic rings. The van der Waals surface area contributed by atoms with Crippen molar-refractivity contribution in [3.05, 3.63) is 17.1 Å². The van der Waals surface area contributed by atoms with E-state index in [1.54, 1.807) is 18.7 Å². The molecule has 0 aromatic carbocycles. The summed E-state index contributed by atoms with van der Waals surface area (Å²) >= 11 is 1.40. The van der Waals surface area contributed by atoms with Gasteiger partial charge < -0.3 is 10.0 Å². The van der Waals surface area contributed by atoms with Gasteiger partial charge >= 0.3 is 5.97 Å². The third kappa shape index (κ3) is 3.02. The summed E-state index contributed by atoms with van der Waals surface area (Å²) in [7, 11) is 0. The molecule has 1 fully saturated rings. The Morgan fingerprint density at radius 1 is 1.29 bits per heavy atom. The molecule has 21 heavy (non-hydrogen) atoms. The molecule has 7 heteroatoms. The number of carboxylic acids is 1. The van der Waals surface area contributed by atoms with Crippen LogP contribution < -0.4 is 0 Å². The molecule has 1 amide bonds. The van der Waals surface area contributed by atoms with E-state index >= 15 is 0 Å². The molecule has 0 spiro atoms. The quantitative estimate of drug-likeness (QED) is 0.674. The number of hydrogen-bond acceptors (Lipinski definition) is 5. The van der Waals surface area contributed by atoms with Crippen molar-refractivity contribution in [1.29, 1.82) is 0 Å². The van der Waals surface area contributed by atoms with Crippen molar-refractivity contribution >= 4 is 23.6 Å². The van der Waals surface area contributed by atoms with E-state index in [4.69, 9.17) is 0 Å². The molecule has 0 saturated carbocycles. The van der Waals surface area contributed by atoms with E-state index in [1.807, 2.05) is 13.2 Å². The summed E-state index contributed by atoms with van der Waals surface area (Å²) in [6, 6.07) is 0. The summed E-state index contributed by atoms with van der Waals surface area (Å²) in [5, 5.41) is 9.83. The lowest BCUT2D eigenvalue weighted by Crippen LogP contribution is -2.31. The summed E-state index contributed by atoms with van der Waals surface area (Å²) in [5.41, 5.74) is 1.13. The second-order valence-electron chi connectivity index (χ2n) is 5.37. The van der Waals surface area contributed by atoms with E-state index in [-0.39, 0.29) is 18.4 Å². The van der Waals surface area contributed by atoms with Gasteiger partial charge in [0.1, 0.15) is 10.9 Å². The highest BCUT2D eigenvalue weighted by Crippen LogP contribution is 2.28. The van der Waals surface area contributed by atoms with Gasteiger partial charge in [0.2, 0.25) is 0 Å². The van der Waals surface area contributed by atoms with Crippen LogP contribution in [0.4, 0.5) is 0 Å². The van der Waals surface area contributed by atoms with Crippen molar-refractivity contribution in [3.8, 4) is 0 Å². The van der Waals surface area contributed by atoms with Gasteiger partial charge in [0.15, 0.2) is 0 Å². The Balaban J connectivity index is 2.32. The number of carboxylic acid groups (broad SMARTS) is 1. The molecule has 114 valence electrons. The average Bonchev–Trinajstić information content (AvgIpc) is 2.79. The van der Waals surface area contributed by atoms with Gasteiger partial charge in [0, 0.05) is 13.1 Å². The standard InChI is InChI=1S/C14H19N3O3S/c1-7-5-17(6-10(7)14(19)20)13(18)11-8(2)15-9(3)16-12(11)21-4/h7,10H,5-6H2,1-4H3,(H,19,20)/t7-,10-/m1/s1. The first-order chi connectivity index (χ1) is 9.85. The van der Waals surface area contributed by atoms with Crippen LogP contribution in [0.2, 0.25) is 0 Å². The second kappa shape index (κ2) is 6.01. The molecular formula is C14H19N3O3S. The minimum Gasteiger partial charge on any atom is -0.481 e. The monoisotopic (exact) mass is 309 g/mol. The number of carbonyl (C=O) groups excluding carboxylic acids is 1. The maximum Gasteiger partial charge on any atom is 0.308 e. The van der Waals surface area contributed by atoms with Gasteiger partial charge in [-0.3, -0.25) is 9.59 Å². The maximum atomic E-state index is 12.7. The SMILES string of the molecule is CSc1nc(C)nc(C)c1C(=O)N1C[C@@H](C)[C@H](C(=O)O)C1. The third-order valence-corrected chi connectivity index (χ3v) is 4.47. The zero-order valence-electron chi connectivity index (χ0n) is 12.6. The number of thioether (sulfide) groups is 1. The highest BCUT2D eigenvalue weighted by molar-refractivity contribution is 7.98. The van der Waals surface area contributed by atoms with E-state index in [0.29, 0.717) is 28.7 Å². The molecule has 2 rings (SSSR count). The minimum absolute atomic E-state index is 0.0455. The van der Waals surface area contributed by atoms with Gasteiger partial charge in [-0.2, -0.15) is 0 Å². The predicted molar refractivity (Wildman–Crippen MR) is 79.5 cm³/mol. The van der Waals surface area contributed by atoms with Gasteiger partial charge in [0.05, 0.1) is 17.2 Å². The number of likely N-dealkylation sites (tertiary alicyclic amines) is 1. The maximum absolute atomic E-state index is 12.7. The van der Waals surface area contributed by atoms with Gasteiger partial charge in [-0.05, 0) is 26.0 Å². The highest BCUT2D eigenvalue weighted by Gasteiger charge is 2.38. The molecule has 2 atom stereocenters. The summed E-state index contributed by atoms with van der Waals surface area (Å²) in [6.07, 6.45) is 1.87. The first-order valence-electron chi connectivity index (χ1n) is 6.76. The number of amides is 1. The molecule has 1 saturated heterocycles. The molecule has 1 aliphatic heterocycles. The molecule has 1 aliphatic rings. The summed E-state index contributed by atoms with van der Waals surface area (Å²) in [4.78, 5) is 34.1. The number of aliphatic carboxylic acids is 1. The average molecular weight is 309 g/mol. The summed E-state index contributed by atoms with van der Waals surface area (Å²) in [5.74, 6) is -0.937. The van der Waals surface area contributed by atoms with E-state index < -0.39 is 11.9 Å². The highest BCUT2D eigenvalue weighted by atomic mass is 32.2. The first kappa shape index (κ1) is 15.8. The van der Waals surface area contributed by atoms with Crippen LogP contribution in [0.3, 0.4) is 0 Å². The van der Waals surface area contributed by atoms with E-state index in [1.165, 1.54) is 11.8 Å². The second-order valence-corrected chi connectivity index (χ2v) is 6.17. The Hall–Kier alpha value is -1.63. The van der Waals surface area contributed by atoms with Gasteiger partial charge in [-0.1, -0.05) is 6.92 Å². The zero-order chi connectivity index (χ0) is 15.7. The molecule has 0 radical (unpaired) electrons. The van der Waals surface area contributed by atoms with Crippen molar-refractivity contribution in [1.82, 2.24) is 14.9 Å². The fourth-order valence-corrected chi connectivity index (χ4v) is 3.35. The Labute approximate surface area is 128 Å². The minimum atomic E-state index is -0.847. The van der Waals surface area contributed by atoms with Gasteiger partial charge in [-0.25, -0.2) is 9.97 Å². The van der Waals surface area contributed by atoms with Crippen LogP contribution in [0.1, 0.15) is 28.8 Å². The zero-order valence-corrected chi connectivity index (χ0v) is 13.4. The topological polar surface area (TPSA) is 83.4 Å². The fraction of sp³-hybridized carbons (Fsp3) is 0.571. The van der Waals surface area contributed by atoms with Crippen LogP contribution in [0.25, 0.3) is 0 Å². The van der Waals surface area contributed by atoms with E-state index in [0.717, 1.165) is 0 Å². The molecule has 6 nitrogen and oxygen atoms in total. The Bertz CT molecular complexity index is 591. The normalized spacial score (nSPS) is 21.6. The predicted octanol–water partition coefficient (Wildman–Crippen LogP) is 1.61. The van der Waals surface area contributed by atoms with Crippen LogP contribution in [0.5, 0.6) is 0 Å². The number of aromatic nitrogens is 2. The van der Waals surface area contributed by atoms with Crippen molar-refractivity contribution < 1.29 is 14.7 Å². The number of carbonyl (C=O) groups is 2. The van der Waals surface area contributed by atoms with Crippen LogP contribution in [0.15, 0.2) is 5.03 Å². The lowest BCUT2D eigenvalue weighted by atomic mass is 9.99. The van der Waals surface area contributed by atoms with Crippen LogP contribution in [0, 0.1) is 25.7 Å². The van der Waals surface area contributed by atoms with E-state index in [9.17, 15) is 14.7 Å². The van der Waals surface area contributed by atoms with Gasteiger partial charge in [0.25, 0.3) is 5.91 Å². The molecule has 0 aliphatic carbocycles. The third-order valence-electron chi connectivity index (χ3n) is 3.79. The van der Waals surface area contributed by atoms with Crippen LogP contribution >= 0.6 is 11.8 Å². The van der Waals surface area contributed by atoms with Crippen molar-refractivity contribution in [2.75, 3.05) is 19.3 Å². The number of rotatable bonds is 3. The smallest absolute Gasteiger partial charge is 0.308 e. The molecule has 1 aromatic heterocycles. The lowest BCUT2D eigenvalue weighted by molar-refractivity contribution is -0.142. The van der Waals surface area contributed by atoms with Crippen LogP contribution in [-0.2, 0) is 4.79 Å². The summed E-state index contributed by atoms with van der Waals surface area (Å²) < 4.78 is 0. The van der Waals surface area contributed by atoms with Crippen molar-refractivity contribution in [2.45, 2.75) is 25.8 Å². The number of aryl methyl sites for hydroxylation is 2. The summed E-state index contributed by atoms with van der Waals surface area (Å²) in [6.45, 7) is 6.14. The molecule has 0 unspecified atom stereocenters. The largest absolute Gasteiger partial charge is 0.481 e. The first-order valence-corrected chi connectivity index (χ1v) is 7.99. The van der Waals surface area contributed by atoms with Crippen molar-refractivity contribution in [3.63, 3.8) is 0 Å². The fourth-order valence-electron chi connectivity index (χ4n) is 2.69.